The Morgan fingerprint density at radius 1 is 0.938 bits per heavy atom. The van der Waals surface area contributed by atoms with Crippen LogP contribution in [-0.4, -0.2) is 94.9 Å². The Morgan fingerprint density at radius 3 is 2.21 bits per heavy atom. The first kappa shape index (κ1) is 37.3. The Hall–Kier alpha value is -5.19. The van der Waals surface area contributed by atoms with Gasteiger partial charge in [-0.05, 0) is 43.2 Å². The van der Waals surface area contributed by atoms with E-state index in [2.05, 4.69) is 36.6 Å². The molecular weight excluding hydrogens is 624 g/mol. The van der Waals surface area contributed by atoms with E-state index < -0.39 is 66.4 Å². The highest BCUT2D eigenvalue weighted by atomic mass is 16.3. The second-order valence-electron chi connectivity index (χ2n) is 12.1. The highest BCUT2D eigenvalue weighted by molar-refractivity contribution is 5.97. The van der Waals surface area contributed by atoms with Gasteiger partial charge >= 0.3 is 0 Å². The van der Waals surface area contributed by atoms with E-state index in [1.165, 1.54) is 0 Å². The predicted molar refractivity (Wildman–Crippen MR) is 177 cm³/mol. The van der Waals surface area contributed by atoms with Gasteiger partial charge < -0.3 is 53.9 Å². The minimum absolute atomic E-state index is 0.0672. The highest BCUT2D eigenvalue weighted by Crippen LogP contribution is 2.19. The molecule has 2 heterocycles. The van der Waals surface area contributed by atoms with E-state index in [4.69, 9.17) is 17.2 Å². The minimum atomic E-state index is -1.41. The number of rotatable bonds is 18. The molecule has 1 aliphatic rings. The number of hydrogen-bond acceptors (Lipinski definition) is 8. The number of H-pyrrole nitrogens is 1. The van der Waals surface area contributed by atoms with Crippen LogP contribution in [0, 0.1) is 5.92 Å². The van der Waals surface area contributed by atoms with Gasteiger partial charge in [-0.2, -0.15) is 0 Å². The SMILES string of the molecule is CC(C)C[C@H](NC(=O)[C@H](CO)NC(=O)[C@@H]1CCC(=O)N1)C(=O)N[C@H](CCCN=C(N)N)C(=O)N[C@H](Cc1c[nH]c2ccccc12)C(N)=O. The van der Waals surface area contributed by atoms with Crippen LogP contribution in [0.25, 0.3) is 10.9 Å². The molecule has 6 amide bonds. The third-order valence-corrected chi connectivity index (χ3v) is 7.80. The van der Waals surface area contributed by atoms with E-state index in [0.29, 0.717) is 0 Å². The molecule has 0 saturated carbocycles. The van der Waals surface area contributed by atoms with Gasteiger partial charge in [-0.25, -0.2) is 0 Å². The number of nitrogens with one attached hydrogen (secondary N) is 6. The minimum Gasteiger partial charge on any atom is -0.394 e. The van der Waals surface area contributed by atoms with Gasteiger partial charge in [0.15, 0.2) is 5.96 Å². The molecule has 13 N–H and O–H groups in total. The highest BCUT2D eigenvalue weighted by Gasteiger charge is 2.33. The fraction of sp³-hybridized carbons (Fsp3) is 0.516. The lowest BCUT2D eigenvalue weighted by Gasteiger charge is -2.27. The van der Waals surface area contributed by atoms with Crippen molar-refractivity contribution in [3.05, 3.63) is 36.0 Å². The summed E-state index contributed by atoms with van der Waals surface area (Å²) < 4.78 is 0. The molecule has 1 aromatic carbocycles. The number of carbonyl (C=O) groups is 6. The third-order valence-electron chi connectivity index (χ3n) is 7.80. The van der Waals surface area contributed by atoms with Crippen molar-refractivity contribution in [3.63, 3.8) is 0 Å². The number of aromatic amines is 1. The second kappa shape index (κ2) is 17.7. The average Bonchev–Trinajstić information content (AvgIpc) is 3.66. The Bertz CT molecular complexity index is 1500. The van der Waals surface area contributed by atoms with E-state index in [-0.39, 0.29) is 62.9 Å². The van der Waals surface area contributed by atoms with Gasteiger partial charge in [-0.3, -0.25) is 33.8 Å². The van der Waals surface area contributed by atoms with Crippen molar-refractivity contribution in [1.29, 1.82) is 0 Å². The maximum atomic E-state index is 13.6. The number of fused-ring (bicyclic) bond motifs is 1. The molecule has 1 aliphatic heterocycles. The summed E-state index contributed by atoms with van der Waals surface area (Å²) in [5, 5.41) is 23.5. The standard InChI is InChI=1S/C31H46N10O7/c1-16(2)12-23(40-30(48)24(15-42)41-28(46)21-9-10-25(43)37-21)29(47)38-20(8-5-11-35-31(33)34)27(45)39-22(26(32)44)13-17-14-36-19-7-4-3-6-18(17)19/h3-4,6-7,14,16,20-24,36,42H,5,8-13,15H2,1-2H3,(H2,32,44)(H,37,43)(H,38,47)(H,39,45)(H,40,48)(H,41,46)(H4,33,34,35)/t20-,21+,22-,23+,24+/m1/s1. The van der Waals surface area contributed by atoms with Crippen molar-refractivity contribution >= 4 is 52.3 Å². The molecule has 1 saturated heterocycles. The average molecular weight is 671 g/mol. The molecule has 0 radical (unpaired) electrons. The van der Waals surface area contributed by atoms with Crippen molar-refractivity contribution in [2.45, 2.75) is 82.6 Å². The third kappa shape index (κ3) is 11.0. The summed E-state index contributed by atoms with van der Waals surface area (Å²) in [6, 6.07) is 1.74. The summed E-state index contributed by atoms with van der Waals surface area (Å²) in [4.78, 5) is 83.8. The zero-order chi connectivity index (χ0) is 35.4. The molecule has 17 nitrogen and oxygen atoms in total. The first-order valence-electron chi connectivity index (χ1n) is 15.8. The van der Waals surface area contributed by atoms with Crippen LogP contribution in [-0.2, 0) is 35.2 Å². The van der Waals surface area contributed by atoms with E-state index in [9.17, 15) is 33.9 Å². The number of nitrogens with two attached hydrogens (primary N) is 3. The molecule has 5 atom stereocenters. The second-order valence-corrected chi connectivity index (χ2v) is 12.1. The Balaban J connectivity index is 1.74. The predicted octanol–water partition coefficient (Wildman–Crippen LogP) is -2.49. The molecular formula is C31H46N10O7. The van der Waals surface area contributed by atoms with Gasteiger partial charge in [-0.15, -0.1) is 0 Å². The summed E-state index contributed by atoms with van der Waals surface area (Å²) >= 11 is 0. The number of aromatic nitrogens is 1. The van der Waals surface area contributed by atoms with Gasteiger partial charge in [-0.1, -0.05) is 32.0 Å². The number of primary amides is 1. The summed E-state index contributed by atoms with van der Waals surface area (Å²) in [7, 11) is 0. The van der Waals surface area contributed by atoms with E-state index in [0.717, 1.165) is 16.5 Å². The molecule has 1 fully saturated rings. The number of aliphatic imine (C=N–C) groups is 1. The number of guanidine groups is 1. The zero-order valence-corrected chi connectivity index (χ0v) is 27.1. The summed E-state index contributed by atoms with van der Waals surface area (Å²) in [6.45, 7) is 3.03. The molecule has 262 valence electrons. The fourth-order valence-corrected chi connectivity index (χ4v) is 5.31. The molecule has 0 aliphatic carbocycles. The molecule has 2 aromatic rings. The topological polar surface area (TPSA) is 289 Å². The maximum absolute atomic E-state index is 13.6. The van der Waals surface area contributed by atoms with Crippen LogP contribution >= 0.6 is 0 Å². The summed E-state index contributed by atoms with van der Waals surface area (Å²) in [6.07, 6.45) is 2.71. The molecule has 48 heavy (non-hydrogen) atoms. The van der Waals surface area contributed by atoms with Crippen molar-refractivity contribution in [1.82, 2.24) is 31.6 Å². The molecule has 17 heteroatoms. The molecule has 3 rings (SSSR count). The monoisotopic (exact) mass is 670 g/mol. The van der Waals surface area contributed by atoms with Gasteiger partial charge in [0.25, 0.3) is 0 Å². The van der Waals surface area contributed by atoms with Gasteiger partial charge in [0.05, 0.1) is 6.61 Å². The number of benzene rings is 1. The van der Waals surface area contributed by atoms with Crippen LogP contribution < -0.4 is 43.8 Å². The Kier molecular flexibility index (Phi) is 13.7. The Morgan fingerprint density at radius 2 is 1.58 bits per heavy atom. The maximum Gasteiger partial charge on any atom is 0.245 e. The Labute approximate surface area is 277 Å². The lowest BCUT2D eigenvalue weighted by molar-refractivity contribution is -0.135. The molecule has 0 spiro atoms. The number of para-hydroxylation sites is 1. The van der Waals surface area contributed by atoms with Crippen LogP contribution in [0.1, 0.15) is 51.5 Å². The van der Waals surface area contributed by atoms with Crippen LogP contribution in [0.15, 0.2) is 35.5 Å². The van der Waals surface area contributed by atoms with Gasteiger partial charge in [0.2, 0.25) is 35.4 Å². The van der Waals surface area contributed by atoms with Crippen molar-refractivity contribution < 1.29 is 33.9 Å². The van der Waals surface area contributed by atoms with Gasteiger partial charge in [0, 0.05) is 36.5 Å². The van der Waals surface area contributed by atoms with Crippen LogP contribution in [0.5, 0.6) is 0 Å². The van der Waals surface area contributed by atoms with Crippen molar-refractivity contribution in [3.8, 4) is 0 Å². The molecule has 0 bridgehead atoms. The van der Waals surface area contributed by atoms with E-state index >= 15 is 0 Å². The quantitative estimate of drug-likeness (QED) is 0.0455. The number of aliphatic hydroxyl groups is 1. The zero-order valence-electron chi connectivity index (χ0n) is 27.1. The lowest BCUT2D eigenvalue weighted by atomic mass is 10.0. The first-order chi connectivity index (χ1) is 22.8. The van der Waals surface area contributed by atoms with Crippen molar-refractivity contribution in [2.24, 2.45) is 28.1 Å². The molecule has 0 unspecified atom stereocenters. The van der Waals surface area contributed by atoms with Crippen molar-refractivity contribution in [2.75, 3.05) is 13.2 Å². The van der Waals surface area contributed by atoms with E-state index in [1.807, 2.05) is 38.1 Å². The van der Waals surface area contributed by atoms with Gasteiger partial charge in [0.1, 0.15) is 30.2 Å². The smallest absolute Gasteiger partial charge is 0.245 e. The normalized spacial score (nSPS) is 16.7. The number of carbonyl (C=O) groups excluding carboxylic acids is 6. The van der Waals surface area contributed by atoms with Crippen LogP contribution in [0.2, 0.25) is 0 Å². The van der Waals surface area contributed by atoms with Crippen LogP contribution in [0.4, 0.5) is 0 Å². The lowest BCUT2D eigenvalue weighted by Crippen LogP contribution is -2.59. The summed E-state index contributed by atoms with van der Waals surface area (Å²) in [5.41, 5.74) is 18.1. The van der Waals surface area contributed by atoms with E-state index in [1.54, 1.807) is 6.20 Å². The largest absolute Gasteiger partial charge is 0.394 e. The number of hydrogen-bond donors (Lipinski definition) is 10. The number of nitrogens with zero attached hydrogens (tertiary/aromatic N) is 1. The fourth-order valence-electron chi connectivity index (χ4n) is 5.31. The number of aliphatic hydroxyl groups excluding tert-OH is 1. The first-order valence-corrected chi connectivity index (χ1v) is 15.8. The van der Waals surface area contributed by atoms with Crippen LogP contribution in [0.3, 0.4) is 0 Å². The molecule has 1 aromatic heterocycles. The summed E-state index contributed by atoms with van der Waals surface area (Å²) in [5.74, 6) is -4.20. The number of amides is 6.